The fraction of sp³-hybridized carbons (Fsp3) is 0.271. The Balaban J connectivity index is 1.34. The van der Waals surface area contributed by atoms with Crippen LogP contribution in [0.15, 0.2) is 128 Å². The zero-order chi connectivity index (χ0) is 37.6. The molecule has 55 heavy (non-hydrogen) atoms. The highest BCUT2D eigenvalue weighted by atomic mass is 16.5. The highest BCUT2D eigenvalue weighted by Gasteiger charge is 2.58. The SMILES string of the molecule is CCOC(=O)CCC1(CC2(CC3(CCC(=O)OCC)c4ccccc4-c4ncccc43)c3ccccc3-c3ncccc32)c2ccccc2-c2ncccc21. The van der Waals surface area contributed by atoms with Crippen molar-refractivity contribution in [2.75, 3.05) is 13.2 Å². The second-order valence-corrected chi connectivity index (χ2v) is 15.0. The molecule has 0 amide bonds. The molecule has 0 fully saturated rings. The van der Waals surface area contributed by atoms with E-state index in [0.717, 1.165) is 61.6 Å². The summed E-state index contributed by atoms with van der Waals surface area (Å²) in [6, 6.07) is 38.5. The van der Waals surface area contributed by atoms with Crippen molar-refractivity contribution in [1.82, 2.24) is 15.0 Å². The van der Waals surface area contributed by atoms with E-state index in [1.54, 1.807) is 0 Å². The van der Waals surface area contributed by atoms with Crippen LogP contribution in [-0.4, -0.2) is 40.1 Å². The molecule has 3 aliphatic carbocycles. The van der Waals surface area contributed by atoms with Gasteiger partial charge in [-0.25, -0.2) is 0 Å². The molecule has 2 unspecified atom stereocenters. The van der Waals surface area contributed by atoms with Crippen LogP contribution in [0.5, 0.6) is 0 Å². The van der Waals surface area contributed by atoms with Gasteiger partial charge >= 0.3 is 11.9 Å². The summed E-state index contributed by atoms with van der Waals surface area (Å²) >= 11 is 0. The molecule has 7 nitrogen and oxygen atoms in total. The van der Waals surface area contributed by atoms with Gasteiger partial charge in [0.05, 0.1) is 30.3 Å². The van der Waals surface area contributed by atoms with Gasteiger partial charge in [-0.15, -0.1) is 0 Å². The van der Waals surface area contributed by atoms with Crippen molar-refractivity contribution in [2.24, 2.45) is 0 Å². The number of ether oxygens (including phenoxy) is 2. The van der Waals surface area contributed by atoms with E-state index in [9.17, 15) is 9.59 Å². The Kier molecular flexibility index (Phi) is 8.68. The van der Waals surface area contributed by atoms with Gasteiger partial charge in [0.2, 0.25) is 0 Å². The maximum Gasteiger partial charge on any atom is 0.305 e. The molecule has 3 aliphatic rings. The molecule has 0 N–H and O–H groups in total. The van der Waals surface area contributed by atoms with Gasteiger partial charge in [0.1, 0.15) is 0 Å². The van der Waals surface area contributed by atoms with E-state index in [4.69, 9.17) is 24.4 Å². The molecule has 0 radical (unpaired) electrons. The minimum absolute atomic E-state index is 0.213. The van der Waals surface area contributed by atoms with Crippen molar-refractivity contribution >= 4 is 11.9 Å². The first kappa shape index (κ1) is 34.8. The number of rotatable bonds is 12. The van der Waals surface area contributed by atoms with Crippen LogP contribution in [0.2, 0.25) is 0 Å². The number of pyridine rings is 3. The summed E-state index contributed by atoms with van der Waals surface area (Å²) in [5.74, 6) is -0.425. The van der Waals surface area contributed by atoms with Crippen LogP contribution in [0.4, 0.5) is 0 Å². The van der Waals surface area contributed by atoms with Gasteiger partial charge in [-0.2, -0.15) is 0 Å². The van der Waals surface area contributed by atoms with E-state index >= 15 is 0 Å². The van der Waals surface area contributed by atoms with Crippen molar-refractivity contribution in [2.45, 2.75) is 68.6 Å². The topological polar surface area (TPSA) is 91.3 Å². The first-order chi connectivity index (χ1) is 27.0. The Labute approximate surface area is 321 Å². The summed E-state index contributed by atoms with van der Waals surface area (Å²) in [6.45, 7) is 4.36. The van der Waals surface area contributed by atoms with E-state index in [0.29, 0.717) is 38.9 Å². The normalized spacial score (nSPS) is 20.8. The van der Waals surface area contributed by atoms with E-state index in [2.05, 4.69) is 91.0 Å². The number of hydrogen-bond acceptors (Lipinski definition) is 7. The number of fused-ring (bicyclic) bond motifs is 9. The average Bonchev–Trinajstić information content (AvgIpc) is 3.77. The van der Waals surface area contributed by atoms with Gasteiger partial charge in [-0.05, 0) is 91.1 Å². The lowest BCUT2D eigenvalue weighted by Crippen LogP contribution is -2.43. The zero-order valence-corrected chi connectivity index (χ0v) is 31.3. The second-order valence-electron chi connectivity index (χ2n) is 15.0. The van der Waals surface area contributed by atoms with Crippen LogP contribution in [0.3, 0.4) is 0 Å². The molecule has 0 bridgehead atoms. The first-order valence-corrected chi connectivity index (χ1v) is 19.4. The minimum Gasteiger partial charge on any atom is -0.466 e. The number of benzene rings is 3. The zero-order valence-electron chi connectivity index (χ0n) is 31.3. The Morgan fingerprint density at radius 2 is 0.782 bits per heavy atom. The maximum absolute atomic E-state index is 13.4. The van der Waals surface area contributed by atoms with Crippen molar-refractivity contribution in [3.05, 3.63) is 161 Å². The van der Waals surface area contributed by atoms with Crippen molar-refractivity contribution in [3.8, 4) is 33.8 Å². The fourth-order valence-corrected chi connectivity index (χ4v) is 10.4. The first-order valence-electron chi connectivity index (χ1n) is 19.4. The van der Waals surface area contributed by atoms with Gasteiger partial charge in [0.25, 0.3) is 0 Å². The highest BCUT2D eigenvalue weighted by Crippen LogP contribution is 2.65. The number of carbonyl (C=O) groups is 2. The lowest BCUT2D eigenvalue weighted by atomic mass is 9.55. The van der Waals surface area contributed by atoms with Crippen molar-refractivity contribution in [3.63, 3.8) is 0 Å². The third kappa shape index (κ3) is 5.35. The largest absolute Gasteiger partial charge is 0.466 e. The van der Waals surface area contributed by atoms with Crippen molar-refractivity contribution < 1.29 is 19.1 Å². The van der Waals surface area contributed by atoms with E-state index in [1.807, 2.05) is 50.6 Å². The highest BCUT2D eigenvalue weighted by molar-refractivity contribution is 5.84. The molecule has 9 rings (SSSR count). The van der Waals surface area contributed by atoms with Crippen LogP contribution in [0.1, 0.15) is 85.8 Å². The smallest absolute Gasteiger partial charge is 0.305 e. The van der Waals surface area contributed by atoms with Crippen LogP contribution >= 0.6 is 0 Å². The van der Waals surface area contributed by atoms with Gasteiger partial charge in [-0.1, -0.05) is 91.0 Å². The number of carbonyl (C=O) groups excluding carboxylic acids is 2. The Morgan fingerprint density at radius 3 is 1.16 bits per heavy atom. The predicted molar refractivity (Wildman–Crippen MR) is 212 cm³/mol. The average molecular weight is 726 g/mol. The molecule has 0 aliphatic heterocycles. The number of nitrogens with zero attached hydrogens (tertiary/aromatic N) is 3. The third-order valence-corrected chi connectivity index (χ3v) is 12.4. The summed E-state index contributed by atoms with van der Waals surface area (Å²) in [5, 5.41) is 0. The molecule has 0 spiro atoms. The lowest BCUT2D eigenvalue weighted by Gasteiger charge is -2.47. The molecule has 2 atom stereocenters. The standard InChI is InChI=1S/C48H43N3O4/c1-3-54-41(52)23-25-46(35-17-8-5-14-32(35)43-38(46)20-11-27-49-43)30-48(37-19-10-7-16-34(37)45-40(48)22-13-29-51-45)31-47(26-24-42(53)55-4-2)36-18-9-6-15-33(36)44-39(47)21-12-28-50-44/h5-22,27-29H,3-4,23-26,30-31H2,1-2H3. The third-order valence-electron chi connectivity index (χ3n) is 12.4. The Morgan fingerprint density at radius 1 is 0.455 bits per heavy atom. The monoisotopic (exact) mass is 725 g/mol. The molecule has 6 aromatic rings. The fourth-order valence-electron chi connectivity index (χ4n) is 10.4. The molecule has 3 aromatic carbocycles. The molecule has 274 valence electrons. The second kappa shape index (κ2) is 13.7. The molecule has 3 aromatic heterocycles. The summed E-state index contributed by atoms with van der Waals surface area (Å²) in [6.07, 6.45) is 8.42. The molecular formula is C48H43N3O4. The summed E-state index contributed by atoms with van der Waals surface area (Å²) in [7, 11) is 0. The van der Waals surface area contributed by atoms with Gasteiger partial charge < -0.3 is 9.47 Å². The van der Waals surface area contributed by atoms with E-state index < -0.39 is 16.2 Å². The van der Waals surface area contributed by atoms with Gasteiger partial charge in [-0.3, -0.25) is 24.5 Å². The summed E-state index contributed by atoms with van der Waals surface area (Å²) < 4.78 is 11.2. The molecule has 0 saturated heterocycles. The quantitative estimate of drug-likeness (QED) is 0.116. The lowest BCUT2D eigenvalue weighted by molar-refractivity contribution is -0.144. The van der Waals surface area contributed by atoms with Gasteiger partial charge in [0, 0.05) is 64.4 Å². The minimum atomic E-state index is -0.654. The van der Waals surface area contributed by atoms with Crippen molar-refractivity contribution in [1.29, 1.82) is 0 Å². The number of aromatic nitrogens is 3. The Bertz CT molecular complexity index is 2190. The molecule has 7 heteroatoms. The summed E-state index contributed by atoms with van der Waals surface area (Å²) in [5.41, 5.74) is 11.1. The number of hydrogen-bond donors (Lipinski definition) is 0. The summed E-state index contributed by atoms with van der Waals surface area (Å²) in [4.78, 5) is 41.9. The molecule has 0 saturated carbocycles. The molecular weight excluding hydrogens is 683 g/mol. The van der Waals surface area contributed by atoms with Crippen LogP contribution in [0.25, 0.3) is 33.8 Å². The van der Waals surface area contributed by atoms with E-state index in [-0.39, 0.29) is 24.8 Å². The van der Waals surface area contributed by atoms with Crippen LogP contribution < -0.4 is 0 Å². The number of esters is 2. The van der Waals surface area contributed by atoms with Crippen LogP contribution in [-0.2, 0) is 35.3 Å². The van der Waals surface area contributed by atoms with Crippen LogP contribution in [0, 0.1) is 0 Å². The maximum atomic E-state index is 13.4. The Hall–Kier alpha value is -5.95. The predicted octanol–water partition coefficient (Wildman–Crippen LogP) is 9.54. The van der Waals surface area contributed by atoms with E-state index in [1.165, 1.54) is 5.56 Å². The van der Waals surface area contributed by atoms with Gasteiger partial charge in [0.15, 0.2) is 0 Å². The molecule has 3 heterocycles.